The number of nitrogens with zero attached hydrogens (tertiary/aromatic N) is 1. The number of hydrogen-bond acceptors (Lipinski definition) is 2. The van der Waals surface area contributed by atoms with Crippen LogP contribution in [0.25, 0.3) is 75.1 Å². The zero-order valence-corrected chi connectivity index (χ0v) is 29.2. The van der Waals surface area contributed by atoms with Crippen LogP contribution in [0.1, 0.15) is 0 Å². The van der Waals surface area contributed by atoms with Gasteiger partial charge in [0, 0.05) is 36.9 Å². The molecule has 244 valence electrons. The van der Waals surface area contributed by atoms with E-state index in [2.05, 4.69) is 205 Å². The molecule has 0 aliphatic heterocycles. The predicted molar refractivity (Wildman–Crippen MR) is 225 cm³/mol. The molecule has 10 rings (SSSR count). The first-order valence-corrected chi connectivity index (χ1v) is 18.6. The van der Waals surface area contributed by atoms with Crippen LogP contribution < -0.4 is 4.90 Å². The summed E-state index contributed by atoms with van der Waals surface area (Å²) in [5.74, 6) is 0. The van der Waals surface area contributed by atoms with E-state index in [1.54, 1.807) is 0 Å². The van der Waals surface area contributed by atoms with E-state index in [0.717, 1.165) is 17.1 Å². The molecular weight excluding hydrogens is 647 g/mol. The van der Waals surface area contributed by atoms with Crippen molar-refractivity contribution in [3.05, 3.63) is 200 Å². The van der Waals surface area contributed by atoms with Crippen molar-refractivity contribution in [3.8, 4) is 33.4 Å². The Kier molecular flexibility index (Phi) is 7.41. The van der Waals surface area contributed by atoms with Gasteiger partial charge in [-0.2, -0.15) is 0 Å². The highest BCUT2D eigenvalue weighted by Gasteiger charge is 2.17. The topological polar surface area (TPSA) is 3.24 Å². The van der Waals surface area contributed by atoms with Gasteiger partial charge in [-0.25, -0.2) is 0 Å². The van der Waals surface area contributed by atoms with Crippen LogP contribution in [-0.2, 0) is 0 Å². The number of anilines is 3. The van der Waals surface area contributed by atoms with E-state index in [1.807, 2.05) is 11.3 Å². The fourth-order valence-electron chi connectivity index (χ4n) is 7.71. The molecule has 0 atom stereocenters. The summed E-state index contributed by atoms with van der Waals surface area (Å²) in [5.41, 5.74) is 10.7. The van der Waals surface area contributed by atoms with Gasteiger partial charge in [0.15, 0.2) is 0 Å². The molecule has 0 fully saturated rings. The van der Waals surface area contributed by atoms with Crippen molar-refractivity contribution in [2.75, 3.05) is 4.90 Å². The summed E-state index contributed by atoms with van der Waals surface area (Å²) in [7, 11) is 0. The van der Waals surface area contributed by atoms with Crippen LogP contribution in [0.2, 0.25) is 0 Å². The average Bonchev–Trinajstić information content (AvgIpc) is 3.59. The Bertz CT molecular complexity index is 2910. The van der Waals surface area contributed by atoms with Gasteiger partial charge in [0.25, 0.3) is 0 Å². The van der Waals surface area contributed by atoms with Crippen molar-refractivity contribution in [2.24, 2.45) is 0 Å². The lowest BCUT2D eigenvalue weighted by Crippen LogP contribution is -2.10. The lowest BCUT2D eigenvalue weighted by molar-refractivity contribution is 1.30. The van der Waals surface area contributed by atoms with Gasteiger partial charge in [0.05, 0.1) is 5.69 Å². The molecule has 0 saturated heterocycles. The fourth-order valence-corrected chi connectivity index (χ4v) is 8.79. The summed E-state index contributed by atoms with van der Waals surface area (Å²) in [5, 5.41) is 7.60. The summed E-state index contributed by atoms with van der Waals surface area (Å²) in [4.78, 5) is 2.40. The molecule has 10 aromatic rings. The van der Waals surface area contributed by atoms with Crippen molar-refractivity contribution >= 4 is 70.1 Å². The van der Waals surface area contributed by atoms with Crippen molar-refractivity contribution in [1.29, 1.82) is 0 Å². The summed E-state index contributed by atoms with van der Waals surface area (Å²) >= 11 is 1.86. The second-order valence-electron chi connectivity index (χ2n) is 13.3. The molecule has 0 radical (unpaired) electrons. The molecule has 1 aromatic heterocycles. The second kappa shape index (κ2) is 12.7. The van der Waals surface area contributed by atoms with Crippen molar-refractivity contribution in [1.82, 2.24) is 0 Å². The van der Waals surface area contributed by atoms with Gasteiger partial charge in [-0.1, -0.05) is 146 Å². The summed E-state index contributed by atoms with van der Waals surface area (Å²) < 4.78 is 2.66. The smallest absolute Gasteiger partial charge is 0.0540 e. The van der Waals surface area contributed by atoms with Crippen molar-refractivity contribution < 1.29 is 0 Å². The SMILES string of the molecule is c1cc(-c2cccc(N(c3ccc(-c4ccc5sc6ccccc6c5c4)cc3)c3cccc4ccccc34)c2)cc(-c2cccc3ccccc23)c1. The number of rotatable bonds is 6. The normalized spacial score (nSPS) is 11.5. The monoisotopic (exact) mass is 679 g/mol. The molecular formula is C50H33NS. The molecule has 2 heteroatoms. The quantitative estimate of drug-likeness (QED) is 0.169. The zero-order chi connectivity index (χ0) is 34.4. The van der Waals surface area contributed by atoms with Gasteiger partial charge in [0.1, 0.15) is 0 Å². The van der Waals surface area contributed by atoms with Gasteiger partial charge < -0.3 is 4.90 Å². The maximum atomic E-state index is 2.40. The van der Waals surface area contributed by atoms with Crippen molar-refractivity contribution in [2.45, 2.75) is 0 Å². The van der Waals surface area contributed by atoms with Gasteiger partial charge in [-0.15, -0.1) is 11.3 Å². The van der Waals surface area contributed by atoms with Gasteiger partial charge in [-0.05, 0) is 104 Å². The van der Waals surface area contributed by atoms with E-state index in [0.29, 0.717) is 0 Å². The molecule has 0 amide bonds. The van der Waals surface area contributed by atoms with Gasteiger partial charge in [-0.3, -0.25) is 0 Å². The van der Waals surface area contributed by atoms with Crippen LogP contribution in [0.3, 0.4) is 0 Å². The second-order valence-corrected chi connectivity index (χ2v) is 14.4. The minimum Gasteiger partial charge on any atom is -0.310 e. The maximum Gasteiger partial charge on any atom is 0.0540 e. The minimum atomic E-state index is 1.11. The van der Waals surface area contributed by atoms with E-state index in [9.17, 15) is 0 Å². The highest BCUT2D eigenvalue weighted by atomic mass is 32.1. The highest BCUT2D eigenvalue weighted by molar-refractivity contribution is 7.25. The van der Waals surface area contributed by atoms with Crippen molar-refractivity contribution in [3.63, 3.8) is 0 Å². The molecule has 9 aromatic carbocycles. The molecule has 52 heavy (non-hydrogen) atoms. The molecule has 1 nitrogen and oxygen atoms in total. The lowest BCUT2D eigenvalue weighted by atomic mass is 9.95. The number of hydrogen-bond donors (Lipinski definition) is 0. The molecule has 1 heterocycles. The highest BCUT2D eigenvalue weighted by Crippen LogP contribution is 2.42. The molecule has 0 saturated carbocycles. The third-order valence-corrected chi connectivity index (χ3v) is 11.4. The van der Waals surface area contributed by atoms with Crippen LogP contribution in [0, 0.1) is 0 Å². The predicted octanol–water partition coefficient (Wildman–Crippen LogP) is 14.8. The fraction of sp³-hybridized carbons (Fsp3) is 0. The molecule has 0 unspecified atom stereocenters. The Morgan fingerprint density at radius 1 is 0.308 bits per heavy atom. The Labute approximate surface area is 307 Å². The van der Waals surface area contributed by atoms with Crippen LogP contribution in [-0.4, -0.2) is 0 Å². The summed E-state index contributed by atoms with van der Waals surface area (Å²) in [6.07, 6.45) is 0. The van der Waals surface area contributed by atoms with E-state index < -0.39 is 0 Å². The Hall–Kier alpha value is -6.48. The van der Waals surface area contributed by atoms with Gasteiger partial charge >= 0.3 is 0 Å². The number of benzene rings is 9. The Morgan fingerprint density at radius 3 is 1.73 bits per heavy atom. The Morgan fingerprint density at radius 2 is 0.885 bits per heavy atom. The molecule has 0 aliphatic rings. The molecule has 0 bridgehead atoms. The van der Waals surface area contributed by atoms with Crippen LogP contribution in [0.15, 0.2) is 200 Å². The number of thiophene rings is 1. The first-order chi connectivity index (χ1) is 25.8. The summed E-state index contributed by atoms with van der Waals surface area (Å²) in [6.45, 7) is 0. The first kappa shape index (κ1) is 30.4. The van der Waals surface area contributed by atoms with E-state index in [-0.39, 0.29) is 0 Å². The van der Waals surface area contributed by atoms with Gasteiger partial charge in [0.2, 0.25) is 0 Å². The van der Waals surface area contributed by atoms with E-state index in [1.165, 1.54) is 75.1 Å². The summed E-state index contributed by atoms with van der Waals surface area (Å²) in [6, 6.07) is 73.0. The lowest BCUT2D eigenvalue weighted by Gasteiger charge is -2.27. The maximum absolute atomic E-state index is 2.40. The van der Waals surface area contributed by atoms with E-state index >= 15 is 0 Å². The largest absolute Gasteiger partial charge is 0.310 e. The Balaban J connectivity index is 1.08. The first-order valence-electron chi connectivity index (χ1n) is 17.8. The number of fused-ring (bicyclic) bond motifs is 5. The third-order valence-electron chi connectivity index (χ3n) is 10.2. The molecule has 0 aliphatic carbocycles. The average molecular weight is 680 g/mol. The zero-order valence-electron chi connectivity index (χ0n) is 28.4. The van der Waals surface area contributed by atoms with E-state index in [4.69, 9.17) is 0 Å². The molecule has 0 N–H and O–H groups in total. The van der Waals surface area contributed by atoms with Crippen LogP contribution >= 0.6 is 11.3 Å². The third kappa shape index (κ3) is 5.33. The molecule has 0 spiro atoms. The van der Waals surface area contributed by atoms with Crippen LogP contribution in [0.5, 0.6) is 0 Å². The minimum absolute atomic E-state index is 1.11. The standard InChI is InChI=1S/C50H33NS/c1-3-19-43-35(11-1)13-9-22-44(43)40-17-7-15-37(31-40)38-16-8-18-42(32-38)51(48-23-10-14-36-12-2-4-20-45(36)48)41-28-25-34(26-29-41)39-27-30-50-47(33-39)46-21-5-6-24-49(46)52-50/h1-33H. The van der Waals surface area contributed by atoms with Crippen LogP contribution in [0.4, 0.5) is 17.1 Å².